The van der Waals surface area contributed by atoms with E-state index in [4.69, 9.17) is 11.6 Å². The van der Waals surface area contributed by atoms with E-state index >= 15 is 0 Å². The minimum atomic E-state index is -1.16. The molecule has 1 unspecified atom stereocenters. The molecule has 0 bridgehead atoms. The first kappa shape index (κ1) is 21.5. The molecule has 5 rings (SSSR count). The largest absolute Gasteiger partial charge is 0.353 e. The normalized spacial score (nSPS) is 19.9. The molecule has 2 aromatic carbocycles. The first-order valence-corrected chi connectivity index (χ1v) is 11.5. The number of hydrogen-bond donors (Lipinski definition) is 1. The van der Waals surface area contributed by atoms with Gasteiger partial charge in [-0.05, 0) is 42.3 Å². The summed E-state index contributed by atoms with van der Waals surface area (Å²) in [4.78, 5) is 35.5. The number of aromatic nitrogens is 1. The number of carbonyl (C=O) groups excluding carboxylic acids is 2. The number of nitrogens with one attached hydrogen (secondary N) is 1. The monoisotopic (exact) mass is 460 g/mol. The summed E-state index contributed by atoms with van der Waals surface area (Å²) in [5.74, 6) is 0.647. The molecular weight excluding hydrogens is 436 g/mol. The van der Waals surface area contributed by atoms with Crippen LogP contribution in [0.3, 0.4) is 0 Å². The van der Waals surface area contributed by atoms with Crippen molar-refractivity contribution < 1.29 is 9.59 Å². The summed E-state index contributed by atoms with van der Waals surface area (Å²) in [5, 5.41) is 3.47. The van der Waals surface area contributed by atoms with Crippen molar-refractivity contribution in [1.29, 1.82) is 0 Å². The Morgan fingerprint density at radius 1 is 1.03 bits per heavy atom. The Kier molecular flexibility index (Phi) is 5.54. The SMILES string of the molecule is Cc1ccc2c(c1)C(CC(=O)N1CCN(c3ccccn3)CC1)(c1ccccc1Cl)C(=O)N2. The molecule has 2 aliphatic rings. The van der Waals surface area contributed by atoms with Crippen LogP contribution in [0.4, 0.5) is 11.5 Å². The van der Waals surface area contributed by atoms with Gasteiger partial charge in [-0.3, -0.25) is 9.59 Å². The van der Waals surface area contributed by atoms with E-state index in [-0.39, 0.29) is 18.2 Å². The molecule has 1 atom stereocenters. The van der Waals surface area contributed by atoms with Crippen LogP contribution in [-0.2, 0) is 15.0 Å². The van der Waals surface area contributed by atoms with Crippen LogP contribution in [0.5, 0.6) is 0 Å². The van der Waals surface area contributed by atoms with Gasteiger partial charge in [0.25, 0.3) is 0 Å². The lowest BCUT2D eigenvalue weighted by Crippen LogP contribution is -2.51. The van der Waals surface area contributed by atoms with Crippen molar-refractivity contribution in [3.05, 3.63) is 88.6 Å². The van der Waals surface area contributed by atoms with Crippen LogP contribution in [0.15, 0.2) is 66.9 Å². The van der Waals surface area contributed by atoms with Gasteiger partial charge in [0, 0.05) is 49.5 Å². The lowest BCUT2D eigenvalue weighted by atomic mass is 9.72. The molecule has 33 heavy (non-hydrogen) atoms. The third-order valence-corrected chi connectivity index (χ3v) is 6.96. The summed E-state index contributed by atoms with van der Waals surface area (Å²) in [7, 11) is 0. The number of carbonyl (C=O) groups is 2. The van der Waals surface area contributed by atoms with Gasteiger partial charge in [-0.25, -0.2) is 4.98 Å². The highest BCUT2D eigenvalue weighted by atomic mass is 35.5. The van der Waals surface area contributed by atoms with Crippen LogP contribution in [0.1, 0.15) is 23.1 Å². The van der Waals surface area contributed by atoms with Crippen LogP contribution in [0.2, 0.25) is 5.02 Å². The van der Waals surface area contributed by atoms with Gasteiger partial charge >= 0.3 is 0 Å². The van der Waals surface area contributed by atoms with Crippen LogP contribution >= 0.6 is 11.6 Å². The fourth-order valence-electron chi connectivity index (χ4n) is 4.88. The van der Waals surface area contributed by atoms with Gasteiger partial charge in [-0.2, -0.15) is 0 Å². The van der Waals surface area contributed by atoms with Crippen molar-refractivity contribution in [3.63, 3.8) is 0 Å². The van der Waals surface area contributed by atoms with Crippen LogP contribution in [0.25, 0.3) is 0 Å². The minimum absolute atomic E-state index is 0.0304. The summed E-state index contributed by atoms with van der Waals surface area (Å²) < 4.78 is 0. The molecule has 3 aromatic rings. The molecule has 168 valence electrons. The number of hydrogen-bond acceptors (Lipinski definition) is 4. The van der Waals surface area contributed by atoms with Gasteiger partial charge in [-0.15, -0.1) is 0 Å². The maximum atomic E-state index is 13.6. The van der Waals surface area contributed by atoms with Gasteiger partial charge in [0.2, 0.25) is 11.8 Å². The Morgan fingerprint density at radius 2 is 1.79 bits per heavy atom. The number of benzene rings is 2. The average molecular weight is 461 g/mol. The quantitative estimate of drug-likeness (QED) is 0.638. The molecule has 3 heterocycles. The van der Waals surface area contributed by atoms with E-state index in [0.29, 0.717) is 36.8 Å². The number of aryl methyl sites for hydroxylation is 1. The molecule has 0 radical (unpaired) electrons. The van der Waals surface area contributed by atoms with Crippen molar-refractivity contribution in [2.75, 3.05) is 36.4 Å². The van der Waals surface area contributed by atoms with Gasteiger partial charge < -0.3 is 15.1 Å². The Morgan fingerprint density at radius 3 is 2.52 bits per heavy atom. The fourth-order valence-corrected chi connectivity index (χ4v) is 5.18. The summed E-state index contributed by atoms with van der Waals surface area (Å²) >= 11 is 6.60. The second-order valence-corrected chi connectivity index (χ2v) is 9.03. The maximum absolute atomic E-state index is 13.6. The summed E-state index contributed by atoms with van der Waals surface area (Å²) in [6.45, 7) is 4.54. The molecule has 2 aliphatic heterocycles. The number of amides is 2. The molecule has 6 nitrogen and oxygen atoms in total. The molecule has 1 aromatic heterocycles. The maximum Gasteiger partial charge on any atom is 0.240 e. The Hall–Kier alpha value is -3.38. The number of nitrogens with zero attached hydrogens (tertiary/aromatic N) is 3. The van der Waals surface area contributed by atoms with Crippen LogP contribution in [0, 0.1) is 6.92 Å². The van der Waals surface area contributed by atoms with Gasteiger partial charge in [0.15, 0.2) is 0 Å². The molecular formula is C26H25ClN4O2. The average Bonchev–Trinajstić information content (AvgIpc) is 3.11. The predicted molar refractivity (Wildman–Crippen MR) is 130 cm³/mol. The van der Waals surface area contributed by atoms with E-state index < -0.39 is 5.41 Å². The van der Waals surface area contributed by atoms with Crippen molar-refractivity contribution in [2.45, 2.75) is 18.8 Å². The number of piperazine rings is 1. The standard InChI is InChI=1S/C26H25ClN4O2/c1-18-9-10-22-20(16-18)26(25(33)29-22,19-6-2-3-7-21(19)27)17-24(32)31-14-12-30(13-15-31)23-8-4-5-11-28-23/h2-11,16H,12-15,17H2,1H3,(H,29,33). The highest BCUT2D eigenvalue weighted by Crippen LogP contribution is 2.48. The number of rotatable bonds is 4. The second-order valence-electron chi connectivity index (χ2n) is 8.62. The Balaban J connectivity index is 1.45. The lowest BCUT2D eigenvalue weighted by Gasteiger charge is -2.37. The van der Waals surface area contributed by atoms with E-state index in [1.807, 2.05) is 66.4 Å². The molecule has 1 fully saturated rings. The van der Waals surface area contributed by atoms with Gasteiger partial charge in [-0.1, -0.05) is 53.6 Å². The zero-order chi connectivity index (χ0) is 23.0. The third kappa shape index (κ3) is 3.74. The van der Waals surface area contributed by atoms with E-state index in [9.17, 15) is 9.59 Å². The number of pyridine rings is 1. The lowest BCUT2D eigenvalue weighted by molar-refractivity contribution is -0.135. The second kappa shape index (κ2) is 8.52. The zero-order valence-electron chi connectivity index (χ0n) is 18.4. The fraction of sp³-hybridized carbons (Fsp3) is 0.269. The smallest absolute Gasteiger partial charge is 0.240 e. The molecule has 7 heteroatoms. The molecule has 0 saturated carbocycles. The minimum Gasteiger partial charge on any atom is -0.353 e. The molecule has 2 amide bonds. The highest BCUT2D eigenvalue weighted by Gasteiger charge is 2.51. The van der Waals surface area contributed by atoms with Crippen molar-refractivity contribution >= 4 is 34.9 Å². The first-order chi connectivity index (χ1) is 16.0. The van der Waals surface area contributed by atoms with Crippen molar-refractivity contribution in [3.8, 4) is 0 Å². The van der Waals surface area contributed by atoms with E-state index in [0.717, 1.165) is 22.6 Å². The van der Waals surface area contributed by atoms with Gasteiger partial charge in [0.1, 0.15) is 11.2 Å². The van der Waals surface area contributed by atoms with Crippen LogP contribution < -0.4 is 10.2 Å². The molecule has 1 saturated heterocycles. The number of anilines is 2. The van der Waals surface area contributed by atoms with E-state index in [2.05, 4.69) is 15.2 Å². The van der Waals surface area contributed by atoms with E-state index in [1.165, 1.54) is 0 Å². The highest BCUT2D eigenvalue weighted by molar-refractivity contribution is 6.32. The summed E-state index contributed by atoms with van der Waals surface area (Å²) in [6.07, 6.45) is 1.81. The Bertz CT molecular complexity index is 1210. The summed E-state index contributed by atoms with van der Waals surface area (Å²) in [5.41, 5.74) is 2.07. The summed E-state index contributed by atoms with van der Waals surface area (Å²) in [6, 6.07) is 19.0. The zero-order valence-corrected chi connectivity index (χ0v) is 19.2. The number of fused-ring (bicyclic) bond motifs is 1. The first-order valence-electron chi connectivity index (χ1n) is 11.1. The van der Waals surface area contributed by atoms with Gasteiger partial charge in [0.05, 0.1) is 0 Å². The molecule has 0 spiro atoms. The topological polar surface area (TPSA) is 65.5 Å². The van der Waals surface area contributed by atoms with E-state index in [1.54, 1.807) is 12.3 Å². The molecule has 1 N–H and O–H groups in total. The van der Waals surface area contributed by atoms with Crippen molar-refractivity contribution in [2.24, 2.45) is 0 Å². The van der Waals surface area contributed by atoms with Crippen LogP contribution in [-0.4, -0.2) is 47.9 Å². The Labute approximate surface area is 198 Å². The number of halogens is 1. The van der Waals surface area contributed by atoms with Crippen molar-refractivity contribution in [1.82, 2.24) is 9.88 Å². The third-order valence-electron chi connectivity index (χ3n) is 6.63. The predicted octanol–water partition coefficient (Wildman–Crippen LogP) is 4.02. The molecule has 0 aliphatic carbocycles.